The van der Waals surface area contributed by atoms with Crippen LogP contribution in [0.2, 0.25) is 0 Å². The summed E-state index contributed by atoms with van der Waals surface area (Å²) in [6, 6.07) is 8.64. The first-order valence-electron chi connectivity index (χ1n) is 9.20. The van der Waals surface area contributed by atoms with Crippen molar-refractivity contribution in [1.29, 1.82) is 0 Å². The Balaban J connectivity index is 1.27. The Labute approximate surface area is 148 Å². The van der Waals surface area contributed by atoms with Crippen molar-refractivity contribution in [1.82, 2.24) is 19.7 Å². The van der Waals surface area contributed by atoms with E-state index >= 15 is 0 Å². The highest BCUT2D eigenvalue weighted by atomic mass is 16.5. The van der Waals surface area contributed by atoms with Gasteiger partial charge in [0.1, 0.15) is 0 Å². The van der Waals surface area contributed by atoms with Gasteiger partial charge in [0.25, 0.3) is 0 Å². The van der Waals surface area contributed by atoms with Crippen LogP contribution < -0.4 is 0 Å². The molecule has 2 aromatic rings. The van der Waals surface area contributed by atoms with E-state index in [2.05, 4.69) is 40.3 Å². The topological polar surface area (TPSA) is 51.8 Å². The van der Waals surface area contributed by atoms with E-state index in [9.17, 15) is 4.79 Å². The molecule has 0 radical (unpaired) electrons. The fourth-order valence-corrected chi connectivity index (χ4v) is 3.73. The van der Waals surface area contributed by atoms with Crippen molar-refractivity contribution in [3.63, 3.8) is 0 Å². The standard InChI is InChI=1S/C19H26N4O2/c24-19(23-11-13-25-14-12-23)22-9-7-21(8-10-22)6-5-16-15-20-18-4-2-1-3-17(16)18/h1-4,15,20H,5-14H2. The number of hydrogen-bond acceptors (Lipinski definition) is 3. The molecule has 6 nitrogen and oxygen atoms in total. The lowest BCUT2D eigenvalue weighted by molar-refractivity contribution is 0.0378. The van der Waals surface area contributed by atoms with Crippen LogP contribution >= 0.6 is 0 Å². The molecular formula is C19H26N4O2. The van der Waals surface area contributed by atoms with Gasteiger partial charge in [-0.15, -0.1) is 0 Å². The molecule has 2 fully saturated rings. The molecule has 25 heavy (non-hydrogen) atoms. The number of rotatable bonds is 3. The van der Waals surface area contributed by atoms with Crippen LogP contribution in [0.1, 0.15) is 5.56 Å². The Morgan fingerprint density at radius 2 is 1.72 bits per heavy atom. The zero-order chi connectivity index (χ0) is 17.1. The second-order valence-electron chi connectivity index (χ2n) is 6.82. The lowest BCUT2D eigenvalue weighted by atomic mass is 10.1. The molecule has 0 atom stereocenters. The number of piperazine rings is 1. The number of ether oxygens (including phenoxy) is 1. The molecule has 2 amide bonds. The summed E-state index contributed by atoms with van der Waals surface area (Å²) in [5, 5.41) is 1.32. The van der Waals surface area contributed by atoms with Crippen LogP contribution in [-0.2, 0) is 11.2 Å². The molecule has 2 aliphatic rings. The van der Waals surface area contributed by atoms with E-state index in [4.69, 9.17) is 4.74 Å². The molecule has 6 heteroatoms. The third-order valence-electron chi connectivity index (χ3n) is 5.30. The molecule has 1 N–H and O–H groups in total. The summed E-state index contributed by atoms with van der Waals surface area (Å²) in [5.74, 6) is 0. The maximum atomic E-state index is 12.5. The lowest BCUT2D eigenvalue weighted by Gasteiger charge is -2.38. The smallest absolute Gasteiger partial charge is 0.320 e. The van der Waals surface area contributed by atoms with Crippen LogP contribution in [0.5, 0.6) is 0 Å². The second kappa shape index (κ2) is 7.45. The molecule has 4 rings (SSSR count). The number of carbonyl (C=O) groups excluding carboxylic acids is 1. The summed E-state index contributed by atoms with van der Waals surface area (Å²) in [7, 11) is 0. The predicted octanol–water partition coefficient (Wildman–Crippen LogP) is 1.78. The van der Waals surface area contributed by atoms with Crippen molar-refractivity contribution in [2.24, 2.45) is 0 Å². The van der Waals surface area contributed by atoms with Gasteiger partial charge < -0.3 is 19.5 Å². The highest BCUT2D eigenvalue weighted by molar-refractivity contribution is 5.83. The number of hydrogen-bond donors (Lipinski definition) is 1. The Hall–Kier alpha value is -2.05. The van der Waals surface area contributed by atoms with E-state index in [0.717, 1.165) is 52.2 Å². The highest BCUT2D eigenvalue weighted by Gasteiger charge is 2.26. The van der Waals surface area contributed by atoms with Crippen molar-refractivity contribution >= 4 is 16.9 Å². The first-order valence-corrected chi connectivity index (χ1v) is 9.20. The fraction of sp³-hybridized carbons (Fsp3) is 0.526. The number of nitrogens with one attached hydrogen (secondary N) is 1. The summed E-state index contributed by atoms with van der Waals surface area (Å²) >= 11 is 0. The molecule has 0 saturated carbocycles. The number of morpholine rings is 1. The van der Waals surface area contributed by atoms with Gasteiger partial charge in [-0.3, -0.25) is 4.90 Å². The largest absolute Gasteiger partial charge is 0.378 e. The zero-order valence-corrected chi connectivity index (χ0v) is 14.6. The number of fused-ring (bicyclic) bond motifs is 1. The highest BCUT2D eigenvalue weighted by Crippen LogP contribution is 2.18. The van der Waals surface area contributed by atoms with Crippen molar-refractivity contribution in [3.8, 4) is 0 Å². The van der Waals surface area contributed by atoms with Gasteiger partial charge >= 0.3 is 6.03 Å². The van der Waals surface area contributed by atoms with E-state index in [0.29, 0.717) is 13.2 Å². The number of H-pyrrole nitrogens is 1. The SMILES string of the molecule is O=C(N1CCOCC1)N1CCN(CCc2c[nH]c3ccccc23)CC1. The van der Waals surface area contributed by atoms with Crippen LogP contribution in [-0.4, -0.2) is 84.7 Å². The minimum atomic E-state index is 0.180. The Kier molecular flexibility index (Phi) is 4.90. The third-order valence-corrected chi connectivity index (χ3v) is 5.30. The number of urea groups is 1. The molecule has 1 aromatic carbocycles. The summed E-state index contributed by atoms with van der Waals surface area (Å²) in [6.07, 6.45) is 3.17. The van der Waals surface area contributed by atoms with E-state index in [1.54, 1.807) is 0 Å². The normalized spacial score (nSPS) is 19.5. The first-order chi connectivity index (χ1) is 12.3. The van der Waals surface area contributed by atoms with Gasteiger partial charge in [-0.05, 0) is 18.1 Å². The number of nitrogens with zero attached hydrogens (tertiary/aromatic N) is 3. The van der Waals surface area contributed by atoms with Crippen molar-refractivity contribution in [2.75, 3.05) is 59.0 Å². The molecule has 1 aromatic heterocycles. The first kappa shape index (κ1) is 16.4. The average molecular weight is 342 g/mol. The molecular weight excluding hydrogens is 316 g/mol. The molecule has 0 spiro atoms. The van der Waals surface area contributed by atoms with Crippen molar-refractivity contribution in [3.05, 3.63) is 36.0 Å². The molecule has 0 aliphatic carbocycles. The van der Waals surface area contributed by atoms with Gasteiger partial charge in [-0.2, -0.15) is 0 Å². The Bertz CT molecular complexity index is 715. The minimum Gasteiger partial charge on any atom is -0.378 e. The number of aromatic amines is 1. The third kappa shape index (κ3) is 3.65. The number of aromatic nitrogens is 1. The van der Waals surface area contributed by atoms with Gasteiger partial charge in [-0.1, -0.05) is 18.2 Å². The summed E-state index contributed by atoms with van der Waals surface area (Å²) in [5.41, 5.74) is 2.58. The van der Waals surface area contributed by atoms with Crippen LogP contribution in [0.4, 0.5) is 4.79 Å². The van der Waals surface area contributed by atoms with E-state index in [-0.39, 0.29) is 6.03 Å². The average Bonchev–Trinajstić information content (AvgIpc) is 3.10. The molecule has 3 heterocycles. The van der Waals surface area contributed by atoms with E-state index in [1.165, 1.54) is 16.5 Å². The van der Waals surface area contributed by atoms with Gasteiger partial charge in [0, 0.05) is 62.9 Å². The Morgan fingerprint density at radius 3 is 2.52 bits per heavy atom. The van der Waals surface area contributed by atoms with E-state index < -0.39 is 0 Å². The second-order valence-corrected chi connectivity index (χ2v) is 6.82. The fourth-order valence-electron chi connectivity index (χ4n) is 3.73. The maximum Gasteiger partial charge on any atom is 0.320 e. The van der Waals surface area contributed by atoms with Gasteiger partial charge in [0.2, 0.25) is 0 Å². The van der Waals surface area contributed by atoms with Gasteiger partial charge in [0.05, 0.1) is 13.2 Å². The number of benzene rings is 1. The summed E-state index contributed by atoms with van der Waals surface area (Å²) < 4.78 is 5.33. The van der Waals surface area contributed by atoms with Crippen LogP contribution in [0.3, 0.4) is 0 Å². The van der Waals surface area contributed by atoms with Crippen LogP contribution in [0.25, 0.3) is 10.9 Å². The van der Waals surface area contributed by atoms with Crippen LogP contribution in [0, 0.1) is 0 Å². The molecule has 2 saturated heterocycles. The van der Waals surface area contributed by atoms with E-state index in [1.807, 2.05) is 9.80 Å². The molecule has 0 bridgehead atoms. The number of carbonyl (C=O) groups is 1. The number of amides is 2. The summed E-state index contributed by atoms with van der Waals surface area (Å²) in [6.45, 7) is 7.37. The molecule has 0 unspecified atom stereocenters. The maximum absolute atomic E-state index is 12.5. The Morgan fingerprint density at radius 1 is 1.00 bits per heavy atom. The molecule has 2 aliphatic heterocycles. The summed E-state index contributed by atoms with van der Waals surface area (Å²) in [4.78, 5) is 22.3. The van der Waals surface area contributed by atoms with Crippen molar-refractivity contribution < 1.29 is 9.53 Å². The predicted molar refractivity (Wildman–Crippen MR) is 97.8 cm³/mol. The molecule has 134 valence electrons. The van der Waals surface area contributed by atoms with Gasteiger partial charge in [-0.25, -0.2) is 4.79 Å². The number of para-hydroxylation sites is 1. The monoisotopic (exact) mass is 342 g/mol. The van der Waals surface area contributed by atoms with Crippen molar-refractivity contribution in [2.45, 2.75) is 6.42 Å². The minimum absolute atomic E-state index is 0.180. The zero-order valence-electron chi connectivity index (χ0n) is 14.6. The quantitative estimate of drug-likeness (QED) is 0.925. The van der Waals surface area contributed by atoms with Gasteiger partial charge in [0.15, 0.2) is 0 Å². The van der Waals surface area contributed by atoms with Crippen LogP contribution in [0.15, 0.2) is 30.5 Å². The lowest BCUT2D eigenvalue weighted by Crippen LogP contribution is -2.54.